The normalized spacial score (nSPS) is 17.8. The largest absolute Gasteiger partial charge is 0.383 e. The van der Waals surface area contributed by atoms with Gasteiger partial charge < -0.3 is 5.73 Å². The highest BCUT2D eigenvalue weighted by Crippen LogP contribution is 2.42. The van der Waals surface area contributed by atoms with Crippen LogP contribution in [0, 0.1) is 3.57 Å². The average molecular weight is 317 g/mol. The molecule has 1 aromatic heterocycles. The van der Waals surface area contributed by atoms with Crippen LogP contribution >= 0.6 is 22.6 Å². The van der Waals surface area contributed by atoms with Crippen LogP contribution in [0.15, 0.2) is 0 Å². The zero-order valence-electron chi connectivity index (χ0n) is 9.13. The molecule has 3 nitrogen and oxygen atoms in total. The topological polar surface area (TPSA) is 51.8 Å². The predicted octanol–water partition coefficient (Wildman–Crippen LogP) is 3.05. The van der Waals surface area contributed by atoms with Crippen LogP contribution in [0.3, 0.4) is 0 Å². The molecule has 0 spiro atoms. The molecule has 2 rings (SSSR count). The van der Waals surface area contributed by atoms with E-state index in [1.165, 1.54) is 18.5 Å². The van der Waals surface area contributed by atoms with Crippen molar-refractivity contribution in [3.63, 3.8) is 0 Å². The average Bonchev–Trinajstić information content (AvgIpc) is 3.04. The first kappa shape index (κ1) is 11.1. The van der Waals surface area contributed by atoms with E-state index in [2.05, 4.69) is 46.4 Å². The molecule has 1 fully saturated rings. The number of nitrogen functional groups attached to an aromatic ring is 1. The summed E-state index contributed by atoms with van der Waals surface area (Å²) < 4.78 is 1.06. The summed E-state index contributed by atoms with van der Waals surface area (Å²) in [6.45, 7) is 4.30. The summed E-state index contributed by atoms with van der Waals surface area (Å²) in [6, 6.07) is 0. The molecule has 1 aliphatic carbocycles. The molecule has 1 aromatic rings. The van der Waals surface area contributed by atoms with Gasteiger partial charge in [0, 0.05) is 11.8 Å². The van der Waals surface area contributed by atoms with E-state index in [1.54, 1.807) is 0 Å². The highest BCUT2D eigenvalue weighted by atomic mass is 127. The lowest BCUT2D eigenvalue weighted by atomic mass is 10.1. The molecule has 0 bridgehead atoms. The number of hydrogen-bond acceptors (Lipinski definition) is 3. The Kier molecular flexibility index (Phi) is 3.13. The van der Waals surface area contributed by atoms with Gasteiger partial charge in [-0.05, 0) is 41.9 Å². The number of rotatable bonds is 3. The second-order valence-corrected chi connectivity index (χ2v) is 5.33. The molecular weight excluding hydrogens is 301 g/mol. The standard InChI is InChI=1S/C11H16IN3/c1-3-6(2)11-14-9(7-4-5-7)8(12)10(13)15-11/h6-7H,3-5H2,1-2H3,(H2,13,14,15). The fourth-order valence-corrected chi connectivity index (χ4v) is 2.21. The van der Waals surface area contributed by atoms with E-state index in [4.69, 9.17) is 5.73 Å². The first-order chi connectivity index (χ1) is 7.13. The number of hydrogen-bond donors (Lipinski definition) is 1. The van der Waals surface area contributed by atoms with Gasteiger partial charge >= 0.3 is 0 Å². The number of nitrogens with two attached hydrogens (primary N) is 1. The molecule has 4 heteroatoms. The van der Waals surface area contributed by atoms with Crippen molar-refractivity contribution in [3.8, 4) is 0 Å². The van der Waals surface area contributed by atoms with Crippen molar-refractivity contribution < 1.29 is 0 Å². The van der Waals surface area contributed by atoms with Gasteiger partial charge in [0.1, 0.15) is 11.6 Å². The Balaban J connectivity index is 2.41. The Labute approximate surface area is 104 Å². The van der Waals surface area contributed by atoms with Crippen LogP contribution in [0.25, 0.3) is 0 Å². The molecule has 1 heterocycles. The Morgan fingerprint density at radius 2 is 2.13 bits per heavy atom. The first-order valence-electron chi connectivity index (χ1n) is 5.46. The van der Waals surface area contributed by atoms with Crippen LogP contribution in [-0.2, 0) is 0 Å². The van der Waals surface area contributed by atoms with E-state index in [0.717, 1.165) is 15.8 Å². The fraction of sp³-hybridized carbons (Fsp3) is 0.636. The third-order valence-electron chi connectivity index (χ3n) is 2.94. The number of nitrogens with zero attached hydrogens (tertiary/aromatic N) is 2. The Morgan fingerprint density at radius 3 is 2.67 bits per heavy atom. The highest BCUT2D eigenvalue weighted by Gasteiger charge is 2.29. The summed E-state index contributed by atoms with van der Waals surface area (Å²) in [4.78, 5) is 9.04. The minimum absolute atomic E-state index is 0.404. The SMILES string of the molecule is CCC(C)c1nc(N)c(I)c(C2CC2)n1. The molecule has 0 radical (unpaired) electrons. The lowest BCUT2D eigenvalue weighted by molar-refractivity contribution is 0.671. The van der Waals surface area contributed by atoms with Crippen molar-refractivity contribution in [2.24, 2.45) is 0 Å². The maximum absolute atomic E-state index is 5.92. The van der Waals surface area contributed by atoms with E-state index < -0.39 is 0 Å². The molecule has 0 amide bonds. The van der Waals surface area contributed by atoms with Gasteiger partial charge in [-0.3, -0.25) is 0 Å². The van der Waals surface area contributed by atoms with Crippen molar-refractivity contribution in [1.29, 1.82) is 0 Å². The Hall–Kier alpha value is -0.390. The molecule has 0 aromatic carbocycles. The van der Waals surface area contributed by atoms with E-state index in [1.807, 2.05) is 0 Å². The molecule has 1 atom stereocenters. The van der Waals surface area contributed by atoms with Crippen LogP contribution in [-0.4, -0.2) is 9.97 Å². The zero-order valence-corrected chi connectivity index (χ0v) is 11.3. The summed E-state index contributed by atoms with van der Waals surface area (Å²) in [5, 5.41) is 0. The highest BCUT2D eigenvalue weighted by molar-refractivity contribution is 14.1. The molecule has 0 aliphatic heterocycles. The van der Waals surface area contributed by atoms with E-state index in [-0.39, 0.29) is 0 Å². The van der Waals surface area contributed by atoms with Crippen molar-refractivity contribution in [2.45, 2.75) is 44.9 Å². The zero-order chi connectivity index (χ0) is 11.0. The maximum Gasteiger partial charge on any atom is 0.140 e. The van der Waals surface area contributed by atoms with Crippen LogP contribution in [0.5, 0.6) is 0 Å². The molecule has 82 valence electrons. The minimum atomic E-state index is 0.404. The molecule has 1 aliphatic rings. The lowest BCUT2D eigenvalue weighted by Crippen LogP contribution is -2.08. The van der Waals surface area contributed by atoms with Crippen LogP contribution in [0.4, 0.5) is 5.82 Å². The summed E-state index contributed by atoms with van der Waals surface area (Å²) in [5.74, 6) is 2.62. The number of aromatic nitrogens is 2. The summed E-state index contributed by atoms with van der Waals surface area (Å²) in [7, 11) is 0. The summed E-state index contributed by atoms with van der Waals surface area (Å²) >= 11 is 2.26. The second-order valence-electron chi connectivity index (χ2n) is 4.25. The van der Waals surface area contributed by atoms with Crippen molar-refractivity contribution in [3.05, 3.63) is 15.1 Å². The fourth-order valence-electron chi connectivity index (χ4n) is 1.53. The van der Waals surface area contributed by atoms with Crippen molar-refractivity contribution in [2.75, 3.05) is 5.73 Å². The monoisotopic (exact) mass is 317 g/mol. The van der Waals surface area contributed by atoms with Gasteiger partial charge in [0.25, 0.3) is 0 Å². The van der Waals surface area contributed by atoms with Crippen molar-refractivity contribution >= 4 is 28.4 Å². The van der Waals surface area contributed by atoms with Gasteiger partial charge in [-0.1, -0.05) is 13.8 Å². The summed E-state index contributed by atoms with van der Waals surface area (Å²) in [5.41, 5.74) is 7.10. The smallest absolute Gasteiger partial charge is 0.140 e. The maximum atomic E-state index is 5.92. The summed E-state index contributed by atoms with van der Waals surface area (Å²) in [6.07, 6.45) is 3.57. The third-order valence-corrected chi connectivity index (χ3v) is 4.04. The number of halogens is 1. The number of anilines is 1. The molecule has 15 heavy (non-hydrogen) atoms. The van der Waals surface area contributed by atoms with E-state index in [0.29, 0.717) is 17.7 Å². The van der Waals surface area contributed by atoms with E-state index in [9.17, 15) is 0 Å². The quantitative estimate of drug-likeness (QED) is 0.872. The van der Waals surface area contributed by atoms with Gasteiger partial charge in [0.2, 0.25) is 0 Å². The molecule has 2 N–H and O–H groups in total. The van der Waals surface area contributed by atoms with E-state index >= 15 is 0 Å². The van der Waals surface area contributed by atoms with Crippen LogP contribution in [0.1, 0.15) is 56.5 Å². The Bertz CT molecular complexity index is 374. The second kappa shape index (κ2) is 4.23. The third kappa shape index (κ3) is 2.24. The molecular formula is C11H16IN3. The van der Waals surface area contributed by atoms with Gasteiger partial charge in [0.15, 0.2) is 0 Å². The van der Waals surface area contributed by atoms with Gasteiger partial charge in [-0.25, -0.2) is 9.97 Å². The van der Waals surface area contributed by atoms with Gasteiger partial charge in [-0.15, -0.1) is 0 Å². The van der Waals surface area contributed by atoms with Crippen molar-refractivity contribution in [1.82, 2.24) is 9.97 Å². The predicted molar refractivity (Wildman–Crippen MR) is 69.8 cm³/mol. The van der Waals surface area contributed by atoms with Gasteiger partial charge in [0.05, 0.1) is 9.26 Å². The Morgan fingerprint density at radius 1 is 1.47 bits per heavy atom. The lowest BCUT2D eigenvalue weighted by Gasteiger charge is -2.11. The molecule has 1 saturated carbocycles. The van der Waals surface area contributed by atoms with Gasteiger partial charge in [-0.2, -0.15) is 0 Å². The molecule has 1 unspecified atom stereocenters. The minimum Gasteiger partial charge on any atom is -0.383 e. The van der Waals surface area contributed by atoms with Crippen LogP contribution in [0.2, 0.25) is 0 Å². The van der Waals surface area contributed by atoms with Crippen LogP contribution < -0.4 is 5.73 Å². The molecule has 0 saturated heterocycles. The first-order valence-corrected chi connectivity index (χ1v) is 6.54.